The minimum absolute atomic E-state index is 0.0563. The van der Waals surface area contributed by atoms with Crippen LogP contribution in [0.4, 0.5) is 0 Å². The maximum absolute atomic E-state index is 12.9. The van der Waals surface area contributed by atoms with Crippen LogP contribution in [0.3, 0.4) is 0 Å². The van der Waals surface area contributed by atoms with E-state index in [9.17, 15) is 28.8 Å². The molecule has 4 aromatic rings. The molecule has 4 aromatic carbocycles. The van der Waals surface area contributed by atoms with Crippen molar-refractivity contribution in [3.63, 3.8) is 0 Å². The molecule has 566 valence electrons. The number of ether oxygens (including phenoxy) is 18. The quantitative estimate of drug-likeness (QED) is 0.00494. The lowest BCUT2D eigenvalue weighted by Crippen LogP contribution is -2.15. The number of carbonyl (C=O) groups excluding carboxylic acids is 6. The number of hydrogen-bond acceptors (Lipinski definition) is 25. The van der Waals surface area contributed by atoms with Crippen molar-refractivity contribution >= 4 is 36.1 Å². The van der Waals surface area contributed by atoms with Crippen LogP contribution in [0, 0.1) is 0 Å². The lowest BCUT2D eigenvalue weighted by Gasteiger charge is -2.09. The van der Waals surface area contributed by atoms with E-state index in [0.717, 1.165) is 42.9 Å². The van der Waals surface area contributed by atoms with Crippen molar-refractivity contribution in [1.82, 2.24) is 0 Å². The summed E-state index contributed by atoms with van der Waals surface area (Å²) in [4.78, 5) is 71.2. The van der Waals surface area contributed by atoms with Gasteiger partial charge in [0.25, 0.3) is 0 Å². The van der Waals surface area contributed by atoms with Gasteiger partial charge in [0.1, 0.15) is 56.6 Å². The van der Waals surface area contributed by atoms with Gasteiger partial charge >= 0.3 is 29.8 Å². The Labute approximate surface area is 605 Å². The second-order valence-electron chi connectivity index (χ2n) is 20.7. The van der Waals surface area contributed by atoms with E-state index in [1.807, 2.05) is 6.08 Å². The molecule has 0 amide bonds. The molecule has 1 N–H and O–H groups in total. The molecule has 0 fully saturated rings. The minimum atomic E-state index is -0.598. The standard InChI is InChI=1S/C62H78O20.C14H22O5.C2H4/c1-2-58(64)78-47-43-74-39-38-73-42-46-77-55-23-19-53(20-24-55)61(67)82-57-27-21-54(22-28-57)62(68)81-56-25-17-51(18-26-56)50-13-15-52(16-14-50)60(66)80-49-45-76-41-40-75-44-48-79-59(65)12-8-11-31-70-33-35-72-37-36-71-34-32-69-30-10-7-5-3-4-6-9-29-63;1-2-7-16-9-11-18-13-14-19-12-10-17-8-5-3-4-6-15;1-2/h2,5-7,9,13-28,63H,1,3-4,8,10-12,29-49H2;2-6,8H,1,7,9-14H2;1-2H2/b7-5-,9-6-;4-3+,8-5+;. The lowest BCUT2D eigenvalue weighted by atomic mass is 10.0. The highest BCUT2D eigenvalue weighted by Crippen LogP contribution is 2.25. The second kappa shape index (κ2) is 66.4. The Morgan fingerprint density at radius 2 is 0.767 bits per heavy atom. The second-order valence-corrected chi connectivity index (χ2v) is 20.7. The summed E-state index contributed by atoms with van der Waals surface area (Å²) in [5.41, 5.74) is 2.59. The zero-order valence-electron chi connectivity index (χ0n) is 59.2. The van der Waals surface area contributed by atoms with E-state index < -0.39 is 23.9 Å². The van der Waals surface area contributed by atoms with Crippen LogP contribution in [-0.2, 0) is 85.4 Å². The van der Waals surface area contributed by atoms with E-state index in [-0.39, 0.29) is 83.4 Å². The fourth-order valence-electron chi connectivity index (χ4n) is 7.88. The van der Waals surface area contributed by atoms with E-state index in [4.69, 9.17) is 90.4 Å². The Hall–Kier alpha value is -8.80. The number of unbranched alkanes of at least 4 members (excludes halogenated alkanes) is 2. The molecule has 0 aromatic heterocycles. The van der Waals surface area contributed by atoms with Gasteiger partial charge in [0, 0.05) is 19.1 Å². The molecule has 0 aliphatic rings. The van der Waals surface area contributed by atoms with Gasteiger partial charge in [-0.2, -0.15) is 0 Å². The third-order valence-corrected chi connectivity index (χ3v) is 12.9. The SMILES string of the molecule is C=C.C=CC(=O)OCCOCCOCCOc1ccc(C(=O)Oc2ccc(C(=O)Oc3ccc(-c4ccc(C(=O)OCCOCCOCCOC(=O)CCCCOCCOCCOCCOCC/C=C\CC/C=C\CO)cc4)cc3)cc2)cc1.C=CCOCCOCCOCCO/C=C/C=C/C=O. The topological polar surface area (TPSA) is 289 Å². The minimum Gasteiger partial charge on any atom is -0.499 e. The van der Waals surface area contributed by atoms with Crippen molar-refractivity contribution < 1.29 is 119 Å². The molecule has 0 saturated heterocycles. The number of rotatable bonds is 61. The van der Waals surface area contributed by atoms with Gasteiger partial charge < -0.3 is 90.4 Å². The van der Waals surface area contributed by atoms with Gasteiger partial charge in [0.05, 0.1) is 168 Å². The summed E-state index contributed by atoms with van der Waals surface area (Å²) in [6.45, 7) is 23.7. The first kappa shape index (κ1) is 90.3. The van der Waals surface area contributed by atoms with Crippen LogP contribution in [0.1, 0.15) is 69.6 Å². The maximum atomic E-state index is 12.9. The molecule has 0 atom stereocenters. The van der Waals surface area contributed by atoms with Crippen LogP contribution in [0.15, 0.2) is 184 Å². The number of benzene rings is 4. The van der Waals surface area contributed by atoms with Crippen molar-refractivity contribution in [1.29, 1.82) is 0 Å². The number of hydrogen-bond donors (Lipinski definition) is 1. The Balaban J connectivity index is 0.00000148. The summed E-state index contributed by atoms with van der Waals surface area (Å²) in [6, 6.07) is 26.2. The molecule has 0 saturated carbocycles. The first-order valence-electron chi connectivity index (χ1n) is 34.0. The van der Waals surface area contributed by atoms with Gasteiger partial charge in [0.2, 0.25) is 0 Å². The Kier molecular flexibility index (Phi) is 58.2. The molecule has 0 aliphatic heterocycles. The summed E-state index contributed by atoms with van der Waals surface area (Å²) in [5, 5.41) is 8.69. The average Bonchev–Trinajstić information content (AvgIpc) is 0.857. The molecular formula is C78H104O25. The van der Waals surface area contributed by atoms with Crippen LogP contribution in [-0.4, -0.2) is 226 Å². The van der Waals surface area contributed by atoms with Crippen LogP contribution in [0.5, 0.6) is 17.2 Å². The fraction of sp³-hybridized carbons (Fsp3) is 0.436. The first-order valence-corrected chi connectivity index (χ1v) is 34.0. The zero-order valence-corrected chi connectivity index (χ0v) is 59.2. The van der Waals surface area contributed by atoms with Crippen LogP contribution in [0.25, 0.3) is 11.1 Å². The number of esters is 5. The smallest absolute Gasteiger partial charge is 0.343 e. The van der Waals surface area contributed by atoms with Crippen molar-refractivity contribution in [2.24, 2.45) is 0 Å². The summed E-state index contributed by atoms with van der Waals surface area (Å²) < 4.78 is 96.7. The van der Waals surface area contributed by atoms with Crippen molar-refractivity contribution in [2.45, 2.75) is 38.5 Å². The molecular weight excluding hydrogens is 1340 g/mol. The summed E-state index contributed by atoms with van der Waals surface area (Å²) in [6.07, 6.45) is 22.0. The monoisotopic (exact) mass is 1440 g/mol. The Morgan fingerprint density at radius 3 is 1.27 bits per heavy atom. The number of aliphatic hydroxyl groups is 1. The van der Waals surface area contributed by atoms with E-state index in [2.05, 4.69) is 38.5 Å². The Bertz CT molecular complexity index is 2950. The number of allylic oxidation sites excluding steroid dienone is 5. The molecule has 103 heavy (non-hydrogen) atoms. The van der Waals surface area contributed by atoms with E-state index >= 15 is 0 Å². The highest BCUT2D eigenvalue weighted by molar-refractivity contribution is 5.93. The number of aliphatic hydroxyl groups excluding tert-OH is 1. The van der Waals surface area contributed by atoms with E-state index in [1.54, 1.807) is 97.1 Å². The molecule has 0 spiro atoms. The van der Waals surface area contributed by atoms with Crippen LogP contribution < -0.4 is 14.2 Å². The molecule has 0 bridgehead atoms. The normalized spacial score (nSPS) is 11.0. The third kappa shape index (κ3) is 51.1. The van der Waals surface area contributed by atoms with Gasteiger partial charge in [-0.25, -0.2) is 19.2 Å². The lowest BCUT2D eigenvalue weighted by molar-refractivity contribution is -0.145. The van der Waals surface area contributed by atoms with Crippen molar-refractivity contribution in [3.8, 4) is 28.4 Å². The van der Waals surface area contributed by atoms with Crippen molar-refractivity contribution in [3.05, 3.63) is 201 Å². The van der Waals surface area contributed by atoms with E-state index in [0.29, 0.717) is 161 Å². The predicted octanol–water partition coefficient (Wildman–Crippen LogP) is 10.5. The maximum Gasteiger partial charge on any atom is 0.343 e. The third-order valence-electron chi connectivity index (χ3n) is 12.9. The molecule has 0 unspecified atom stereocenters. The van der Waals surface area contributed by atoms with Gasteiger partial charge in [-0.15, -0.1) is 19.7 Å². The zero-order chi connectivity index (χ0) is 74.4. The predicted molar refractivity (Wildman–Crippen MR) is 386 cm³/mol. The van der Waals surface area contributed by atoms with Gasteiger partial charge in [0.15, 0.2) is 0 Å². The average molecular weight is 1440 g/mol. The Morgan fingerprint density at radius 1 is 0.369 bits per heavy atom. The van der Waals surface area contributed by atoms with Crippen LogP contribution >= 0.6 is 0 Å². The molecule has 0 heterocycles. The summed E-state index contributed by atoms with van der Waals surface area (Å²) in [5.74, 6) is -1.37. The van der Waals surface area contributed by atoms with Gasteiger partial charge in [-0.1, -0.05) is 67.3 Å². The summed E-state index contributed by atoms with van der Waals surface area (Å²) in [7, 11) is 0. The molecule has 25 heteroatoms. The summed E-state index contributed by atoms with van der Waals surface area (Å²) >= 11 is 0. The largest absolute Gasteiger partial charge is 0.499 e. The van der Waals surface area contributed by atoms with Gasteiger partial charge in [-0.05, 0) is 128 Å². The molecule has 0 aliphatic carbocycles. The first-order chi connectivity index (χ1) is 50.7. The van der Waals surface area contributed by atoms with E-state index in [1.165, 1.54) is 36.6 Å². The van der Waals surface area contributed by atoms with Crippen molar-refractivity contribution in [2.75, 3.05) is 185 Å². The highest BCUT2D eigenvalue weighted by atomic mass is 16.6. The highest BCUT2D eigenvalue weighted by Gasteiger charge is 2.14. The number of aldehydes is 1. The van der Waals surface area contributed by atoms with Crippen LogP contribution in [0.2, 0.25) is 0 Å². The molecule has 25 nitrogen and oxygen atoms in total. The van der Waals surface area contributed by atoms with Gasteiger partial charge in [-0.3, -0.25) is 9.59 Å². The molecule has 4 rings (SSSR count). The molecule has 0 radical (unpaired) electrons. The fourth-order valence-corrected chi connectivity index (χ4v) is 7.88. The number of carbonyl (C=O) groups is 6.